The maximum atomic E-state index is 12.7. The highest BCUT2D eigenvalue weighted by atomic mass is 35.5. The number of nitrogens with one attached hydrogen (secondary N) is 1. The Kier molecular flexibility index (Phi) is 6.85. The molecule has 3 aromatic rings. The van der Waals surface area contributed by atoms with Crippen LogP contribution in [-0.4, -0.2) is 57.5 Å². The first-order chi connectivity index (χ1) is 15.4. The zero-order valence-corrected chi connectivity index (χ0v) is 19.5. The molecule has 0 radical (unpaired) electrons. The number of hydrogen-bond donors (Lipinski definition) is 1. The highest BCUT2D eigenvalue weighted by Gasteiger charge is 2.22. The van der Waals surface area contributed by atoms with Crippen LogP contribution >= 0.6 is 11.6 Å². The second kappa shape index (κ2) is 9.62. The molecule has 1 aliphatic heterocycles. The molecular formula is C21H25ClN4O5S. The lowest BCUT2D eigenvalue weighted by atomic mass is 9.98. The second-order valence-corrected chi connectivity index (χ2v) is 9.76. The largest absolute Gasteiger partial charge is 0.493 e. The van der Waals surface area contributed by atoms with E-state index in [9.17, 15) is 8.42 Å². The van der Waals surface area contributed by atoms with E-state index in [1.165, 1.54) is 23.3 Å². The summed E-state index contributed by atoms with van der Waals surface area (Å²) in [7, 11) is -0.460. The van der Waals surface area contributed by atoms with Crippen LogP contribution in [0.5, 0.6) is 11.5 Å². The minimum Gasteiger partial charge on any atom is -0.493 e. The normalized spacial score (nSPS) is 14.5. The van der Waals surface area contributed by atoms with Gasteiger partial charge in [0.2, 0.25) is 10.0 Å². The third kappa shape index (κ3) is 4.68. The van der Waals surface area contributed by atoms with Crippen LogP contribution in [0.1, 0.15) is 24.0 Å². The molecule has 32 heavy (non-hydrogen) atoms. The van der Waals surface area contributed by atoms with Gasteiger partial charge in [0.05, 0.1) is 19.2 Å². The summed E-state index contributed by atoms with van der Waals surface area (Å²) in [6.45, 7) is 3.00. The van der Waals surface area contributed by atoms with Gasteiger partial charge in [-0.2, -0.15) is 0 Å². The van der Waals surface area contributed by atoms with E-state index in [-0.39, 0.29) is 15.9 Å². The number of methoxy groups -OCH3 is 2. The van der Waals surface area contributed by atoms with Gasteiger partial charge in [0.25, 0.3) is 0 Å². The SMILES string of the molecule is COc1cc2c(cc1OC)CN(CCCCNS(=O)(=O)c1ccc(Cl)c3nonc13)CC2. The molecule has 9 nitrogen and oxygen atoms in total. The Morgan fingerprint density at radius 1 is 1.09 bits per heavy atom. The first-order valence-corrected chi connectivity index (χ1v) is 12.2. The molecule has 1 aromatic heterocycles. The minimum atomic E-state index is -3.74. The van der Waals surface area contributed by atoms with E-state index < -0.39 is 10.0 Å². The molecule has 0 spiro atoms. The Balaban J connectivity index is 1.29. The van der Waals surface area contributed by atoms with Crippen molar-refractivity contribution in [2.75, 3.05) is 33.9 Å². The van der Waals surface area contributed by atoms with E-state index in [0.717, 1.165) is 44.0 Å². The van der Waals surface area contributed by atoms with Crippen molar-refractivity contribution >= 4 is 32.7 Å². The van der Waals surface area contributed by atoms with Crippen molar-refractivity contribution in [2.24, 2.45) is 0 Å². The van der Waals surface area contributed by atoms with Gasteiger partial charge in [-0.25, -0.2) is 17.8 Å². The Morgan fingerprint density at radius 3 is 2.56 bits per heavy atom. The summed E-state index contributed by atoms with van der Waals surface area (Å²) in [5.74, 6) is 1.49. The van der Waals surface area contributed by atoms with E-state index in [0.29, 0.717) is 18.0 Å². The summed E-state index contributed by atoms with van der Waals surface area (Å²) in [4.78, 5) is 2.38. The average molecular weight is 481 g/mol. The maximum absolute atomic E-state index is 12.7. The Labute approximate surface area is 191 Å². The van der Waals surface area contributed by atoms with Gasteiger partial charge in [-0.15, -0.1) is 0 Å². The van der Waals surface area contributed by atoms with Crippen molar-refractivity contribution in [3.05, 3.63) is 40.4 Å². The van der Waals surface area contributed by atoms with Gasteiger partial charge in [0, 0.05) is 19.6 Å². The molecule has 0 atom stereocenters. The molecule has 0 saturated heterocycles. The third-order valence-corrected chi connectivity index (χ3v) is 7.41. The van der Waals surface area contributed by atoms with Gasteiger partial charge in [0.1, 0.15) is 4.90 Å². The minimum absolute atomic E-state index is 0.00941. The fourth-order valence-corrected chi connectivity index (χ4v) is 5.30. The lowest BCUT2D eigenvalue weighted by Crippen LogP contribution is -2.32. The molecule has 0 amide bonds. The molecule has 2 aromatic carbocycles. The van der Waals surface area contributed by atoms with Gasteiger partial charge in [0.15, 0.2) is 22.5 Å². The fraction of sp³-hybridized carbons (Fsp3) is 0.429. The number of unbranched alkanes of at least 4 members (excludes halogenated alkanes) is 1. The van der Waals surface area contributed by atoms with Gasteiger partial charge < -0.3 is 9.47 Å². The number of sulfonamides is 1. The van der Waals surface area contributed by atoms with Crippen molar-refractivity contribution in [2.45, 2.75) is 30.7 Å². The first kappa shape index (κ1) is 22.8. The van der Waals surface area contributed by atoms with E-state index >= 15 is 0 Å². The number of nitrogens with zero attached hydrogens (tertiary/aromatic N) is 3. The van der Waals surface area contributed by atoms with Crippen LogP contribution in [0.15, 0.2) is 33.8 Å². The molecule has 172 valence electrons. The summed E-state index contributed by atoms with van der Waals surface area (Å²) in [6, 6.07) is 6.98. The molecule has 0 unspecified atom stereocenters. The van der Waals surface area contributed by atoms with Crippen LogP contribution < -0.4 is 14.2 Å². The van der Waals surface area contributed by atoms with Crippen molar-refractivity contribution in [3.63, 3.8) is 0 Å². The first-order valence-electron chi connectivity index (χ1n) is 10.3. The smallest absolute Gasteiger partial charge is 0.242 e. The number of aromatic nitrogens is 2. The summed E-state index contributed by atoms with van der Waals surface area (Å²) in [6.07, 6.45) is 2.52. The van der Waals surface area contributed by atoms with Crippen LogP contribution in [0.25, 0.3) is 11.0 Å². The van der Waals surface area contributed by atoms with Crippen LogP contribution in [0, 0.1) is 0 Å². The Morgan fingerprint density at radius 2 is 1.81 bits per heavy atom. The molecule has 1 N–H and O–H groups in total. The highest BCUT2D eigenvalue weighted by Crippen LogP contribution is 2.33. The average Bonchev–Trinajstić information content (AvgIpc) is 3.28. The summed E-state index contributed by atoms with van der Waals surface area (Å²) in [5, 5.41) is 7.63. The molecule has 0 bridgehead atoms. The Hall–Kier alpha value is -2.40. The number of hydrogen-bond acceptors (Lipinski definition) is 8. The molecule has 2 heterocycles. The molecule has 0 fully saturated rings. The van der Waals surface area contributed by atoms with Crippen LogP contribution in [0.2, 0.25) is 5.02 Å². The van der Waals surface area contributed by atoms with Crippen molar-refractivity contribution < 1.29 is 22.5 Å². The lowest BCUT2D eigenvalue weighted by molar-refractivity contribution is 0.248. The predicted molar refractivity (Wildman–Crippen MR) is 120 cm³/mol. The summed E-state index contributed by atoms with van der Waals surface area (Å²) < 4.78 is 43.4. The van der Waals surface area contributed by atoms with Gasteiger partial charge in [-0.3, -0.25) is 4.90 Å². The zero-order chi connectivity index (χ0) is 22.7. The molecular weight excluding hydrogens is 456 g/mol. The van der Waals surface area contributed by atoms with Gasteiger partial charge in [-0.1, -0.05) is 11.6 Å². The number of halogens is 1. The monoisotopic (exact) mass is 480 g/mol. The van der Waals surface area contributed by atoms with E-state index in [2.05, 4.69) is 30.6 Å². The maximum Gasteiger partial charge on any atom is 0.242 e. The van der Waals surface area contributed by atoms with Crippen molar-refractivity contribution in [3.8, 4) is 11.5 Å². The number of fused-ring (bicyclic) bond motifs is 2. The van der Waals surface area contributed by atoms with Crippen LogP contribution in [-0.2, 0) is 23.0 Å². The topological polar surface area (TPSA) is 107 Å². The third-order valence-electron chi connectivity index (χ3n) is 5.61. The molecule has 0 aliphatic carbocycles. The molecule has 1 aliphatic rings. The van der Waals surface area contributed by atoms with E-state index in [1.54, 1.807) is 14.2 Å². The van der Waals surface area contributed by atoms with Gasteiger partial charge in [-0.05, 0) is 71.5 Å². The standard InChI is InChI=1S/C21H25ClN4O5S/c1-29-17-11-14-7-10-26(13-15(14)12-18(17)30-2)9-4-3-8-23-32(27,28)19-6-5-16(22)20-21(19)25-31-24-20/h5-6,11-12,23H,3-4,7-10,13H2,1-2H3. The Bertz CT molecular complexity index is 1210. The molecule has 11 heteroatoms. The summed E-state index contributed by atoms with van der Waals surface area (Å²) in [5.41, 5.74) is 2.88. The highest BCUT2D eigenvalue weighted by molar-refractivity contribution is 7.89. The van der Waals surface area contributed by atoms with Crippen molar-refractivity contribution in [1.29, 1.82) is 0 Å². The zero-order valence-electron chi connectivity index (χ0n) is 17.9. The quantitative estimate of drug-likeness (QED) is 0.466. The molecule has 4 rings (SSSR count). The second-order valence-electron chi connectivity index (χ2n) is 7.61. The predicted octanol–water partition coefficient (Wildman–Crippen LogP) is 3.01. The van der Waals surface area contributed by atoms with Crippen LogP contribution in [0.3, 0.4) is 0 Å². The van der Waals surface area contributed by atoms with Gasteiger partial charge >= 0.3 is 0 Å². The van der Waals surface area contributed by atoms with E-state index in [4.69, 9.17) is 21.1 Å². The lowest BCUT2D eigenvalue weighted by Gasteiger charge is -2.29. The summed E-state index contributed by atoms with van der Waals surface area (Å²) >= 11 is 6.01. The van der Waals surface area contributed by atoms with Crippen LogP contribution in [0.4, 0.5) is 0 Å². The number of ether oxygens (including phenoxy) is 2. The number of rotatable bonds is 9. The van der Waals surface area contributed by atoms with E-state index in [1.807, 2.05) is 6.07 Å². The molecule has 0 saturated carbocycles. The van der Waals surface area contributed by atoms with Crippen molar-refractivity contribution in [1.82, 2.24) is 19.9 Å². The number of benzene rings is 2. The fourth-order valence-electron chi connectivity index (χ4n) is 3.91.